The van der Waals surface area contributed by atoms with Crippen molar-refractivity contribution in [1.82, 2.24) is 0 Å². The Balaban J connectivity index is 3.60. The summed E-state index contributed by atoms with van der Waals surface area (Å²) < 4.78 is 2.37. The molecule has 0 aliphatic heterocycles. The molecule has 0 aromatic heterocycles. The van der Waals surface area contributed by atoms with E-state index in [0.717, 1.165) is 0 Å². The minimum atomic E-state index is 1.18. The molecule has 0 unspecified atom stereocenters. The van der Waals surface area contributed by atoms with Gasteiger partial charge in [0.1, 0.15) is 7.85 Å². The molecule has 0 aliphatic rings. The van der Waals surface area contributed by atoms with Crippen LogP contribution in [0.5, 0.6) is 0 Å². The Morgan fingerprint density at radius 2 is 1.25 bits per heavy atom. The zero-order valence-corrected chi connectivity index (χ0v) is 10.9. The molecule has 0 spiro atoms. The van der Waals surface area contributed by atoms with E-state index in [2.05, 4.69) is 60.5 Å². The van der Waals surface area contributed by atoms with Crippen molar-refractivity contribution in [3.8, 4) is 0 Å². The van der Waals surface area contributed by atoms with Gasteiger partial charge in [0.2, 0.25) is 0 Å². The van der Waals surface area contributed by atoms with E-state index in [9.17, 15) is 0 Å². The molecule has 3 heteroatoms. The van der Waals surface area contributed by atoms with Crippen LogP contribution in [0.15, 0.2) is 8.95 Å². The van der Waals surface area contributed by atoms with Gasteiger partial charge < -0.3 is 0 Å². The summed E-state index contributed by atoms with van der Waals surface area (Å²) in [6.45, 7) is 6.43. The summed E-state index contributed by atoms with van der Waals surface area (Å²) in [5.74, 6) is 0. The first-order valence-electron chi connectivity index (χ1n) is 3.88. The third kappa shape index (κ3) is 1.49. The Morgan fingerprint density at radius 3 is 1.75 bits per heavy atom. The lowest BCUT2D eigenvalue weighted by Gasteiger charge is -2.13. The van der Waals surface area contributed by atoms with E-state index in [1.807, 2.05) is 0 Å². The van der Waals surface area contributed by atoms with Crippen LogP contribution in [0.4, 0.5) is 0 Å². The fourth-order valence-corrected chi connectivity index (χ4v) is 2.41. The van der Waals surface area contributed by atoms with Crippen LogP contribution in [0.25, 0.3) is 0 Å². The first-order valence-corrected chi connectivity index (χ1v) is 5.46. The molecule has 0 atom stereocenters. The largest absolute Gasteiger partial charge is 0.140 e. The van der Waals surface area contributed by atoms with Crippen LogP contribution in [0.2, 0.25) is 0 Å². The van der Waals surface area contributed by atoms with Crippen LogP contribution < -0.4 is 5.46 Å². The monoisotopic (exact) mass is 288 g/mol. The summed E-state index contributed by atoms with van der Waals surface area (Å²) >= 11 is 7.14. The maximum atomic E-state index is 3.57. The van der Waals surface area contributed by atoms with Crippen LogP contribution in [-0.4, -0.2) is 7.85 Å². The second kappa shape index (κ2) is 3.55. The summed E-state index contributed by atoms with van der Waals surface area (Å²) in [7, 11) is 2.16. The van der Waals surface area contributed by atoms with Crippen LogP contribution >= 0.6 is 31.9 Å². The highest BCUT2D eigenvalue weighted by atomic mass is 79.9. The highest BCUT2D eigenvalue weighted by Gasteiger charge is 2.09. The van der Waals surface area contributed by atoms with Crippen LogP contribution in [-0.2, 0) is 0 Å². The molecule has 0 saturated carbocycles. The van der Waals surface area contributed by atoms with Gasteiger partial charge in [0, 0.05) is 8.95 Å². The third-order valence-electron chi connectivity index (χ3n) is 2.54. The van der Waals surface area contributed by atoms with Crippen molar-refractivity contribution in [3.63, 3.8) is 0 Å². The highest BCUT2D eigenvalue weighted by Crippen LogP contribution is 2.30. The fourth-order valence-electron chi connectivity index (χ4n) is 1.22. The van der Waals surface area contributed by atoms with Gasteiger partial charge in [-0.25, -0.2) is 0 Å². The van der Waals surface area contributed by atoms with Gasteiger partial charge in [-0.05, 0) is 63.8 Å². The van der Waals surface area contributed by atoms with Crippen molar-refractivity contribution in [1.29, 1.82) is 0 Å². The summed E-state index contributed by atoms with van der Waals surface area (Å²) in [4.78, 5) is 0. The molecule has 0 fully saturated rings. The Kier molecular flexibility index (Phi) is 3.05. The molecular weight excluding hydrogens is 279 g/mol. The number of benzene rings is 1. The third-order valence-corrected chi connectivity index (χ3v) is 5.05. The van der Waals surface area contributed by atoms with Crippen molar-refractivity contribution in [2.24, 2.45) is 0 Å². The predicted molar refractivity (Wildman–Crippen MR) is 64.2 cm³/mol. The number of hydrogen-bond donors (Lipinski definition) is 0. The van der Waals surface area contributed by atoms with Gasteiger partial charge in [0.25, 0.3) is 0 Å². The summed E-state index contributed by atoms with van der Waals surface area (Å²) in [6, 6.07) is 0. The van der Waals surface area contributed by atoms with Gasteiger partial charge in [-0.3, -0.25) is 0 Å². The van der Waals surface area contributed by atoms with E-state index < -0.39 is 0 Å². The molecule has 0 bridgehead atoms. The van der Waals surface area contributed by atoms with E-state index in [-0.39, 0.29) is 0 Å². The van der Waals surface area contributed by atoms with Gasteiger partial charge in [-0.15, -0.1) is 0 Å². The Morgan fingerprint density at radius 1 is 0.833 bits per heavy atom. The van der Waals surface area contributed by atoms with Gasteiger partial charge in [-0.2, -0.15) is 0 Å². The second-order valence-corrected chi connectivity index (χ2v) is 4.71. The van der Waals surface area contributed by atoms with Crippen LogP contribution in [0, 0.1) is 20.8 Å². The van der Waals surface area contributed by atoms with E-state index in [4.69, 9.17) is 0 Å². The normalized spacial score (nSPS) is 10.4. The lowest BCUT2D eigenvalue weighted by atomic mass is 9.85. The number of rotatable bonds is 0. The molecule has 0 N–H and O–H groups in total. The maximum Gasteiger partial charge on any atom is 0.140 e. The molecule has 1 rings (SSSR count). The lowest BCUT2D eigenvalue weighted by molar-refractivity contribution is 1.28. The van der Waals surface area contributed by atoms with Gasteiger partial charge in [0.15, 0.2) is 0 Å². The SMILES string of the molecule is Bc1c(C)c(C)c(Br)c(Br)c1C. The topological polar surface area (TPSA) is 0 Å². The van der Waals surface area contributed by atoms with Crippen LogP contribution in [0.3, 0.4) is 0 Å². The first-order chi connectivity index (χ1) is 5.46. The lowest BCUT2D eigenvalue weighted by Crippen LogP contribution is -2.14. The van der Waals surface area contributed by atoms with Gasteiger partial charge in [-0.1, -0.05) is 11.0 Å². The average Bonchev–Trinajstić information content (AvgIpc) is 2.08. The molecule has 0 heterocycles. The Labute approximate surface area is 91.4 Å². The van der Waals surface area contributed by atoms with Crippen molar-refractivity contribution in [2.75, 3.05) is 0 Å². The summed E-state index contributed by atoms with van der Waals surface area (Å²) in [5.41, 5.74) is 5.40. The predicted octanol–water partition coefficient (Wildman–Crippen LogP) is 2.40. The average molecular weight is 290 g/mol. The molecule has 0 radical (unpaired) electrons. The second-order valence-electron chi connectivity index (χ2n) is 3.13. The Bertz CT molecular complexity index is 227. The number of halogens is 2. The standard InChI is InChI=1S/C9H11BBr2/c1-4-5(2)8(11)9(12)6(3)7(4)10/h10H2,1-3H3. The molecule has 12 heavy (non-hydrogen) atoms. The van der Waals surface area contributed by atoms with E-state index in [1.54, 1.807) is 0 Å². The minimum Gasteiger partial charge on any atom is -0.0818 e. The van der Waals surface area contributed by atoms with Crippen molar-refractivity contribution >= 4 is 45.2 Å². The van der Waals surface area contributed by atoms with Crippen molar-refractivity contribution < 1.29 is 0 Å². The number of hydrogen-bond acceptors (Lipinski definition) is 0. The molecular formula is C9H11BBr2. The molecule has 0 saturated heterocycles. The van der Waals surface area contributed by atoms with E-state index >= 15 is 0 Å². The highest BCUT2D eigenvalue weighted by molar-refractivity contribution is 9.13. The van der Waals surface area contributed by atoms with Crippen molar-refractivity contribution in [3.05, 3.63) is 25.6 Å². The van der Waals surface area contributed by atoms with E-state index in [0.29, 0.717) is 0 Å². The van der Waals surface area contributed by atoms with E-state index in [1.165, 1.54) is 31.1 Å². The van der Waals surface area contributed by atoms with Gasteiger partial charge in [0.05, 0.1) is 0 Å². The Hall–Kier alpha value is 0.245. The quantitative estimate of drug-likeness (QED) is 0.644. The van der Waals surface area contributed by atoms with Crippen molar-refractivity contribution in [2.45, 2.75) is 20.8 Å². The maximum absolute atomic E-state index is 3.57. The zero-order chi connectivity index (χ0) is 9.46. The molecule has 0 nitrogen and oxygen atoms in total. The summed E-state index contributed by atoms with van der Waals surface area (Å²) in [5, 5.41) is 0. The molecule has 1 aromatic carbocycles. The first kappa shape index (κ1) is 10.3. The van der Waals surface area contributed by atoms with Crippen LogP contribution in [0.1, 0.15) is 16.7 Å². The van der Waals surface area contributed by atoms with Gasteiger partial charge >= 0.3 is 0 Å². The summed E-state index contributed by atoms with van der Waals surface area (Å²) in [6.07, 6.45) is 0. The minimum absolute atomic E-state index is 1.18. The fraction of sp³-hybridized carbons (Fsp3) is 0.333. The zero-order valence-electron chi connectivity index (χ0n) is 7.76. The molecule has 1 aromatic rings. The molecule has 64 valence electrons. The molecule has 0 aliphatic carbocycles. The molecule has 0 amide bonds. The smallest absolute Gasteiger partial charge is 0.0818 e.